The van der Waals surface area contributed by atoms with Crippen LogP contribution in [0.25, 0.3) is 10.9 Å². The summed E-state index contributed by atoms with van der Waals surface area (Å²) in [7, 11) is -4.05. The van der Waals surface area contributed by atoms with Crippen molar-refractivity contribution in [2.24, 2.45) is 5.14 Å². The monoisotopic (exact) mass is 490 g/mol. The van der Waals surface area contributed by atoms with E-state index in [2.05, 4.69) is 10.3 Å². The summed E-state index contributed by atoms with van der Waals surface area (Å²) in [6.07, 6.45) is 0. The van der Waals surface area contributed by atoms with Gasteiger partial charge in [0.1, 0.15) is 11.9 Å². The van der Waals surface area contributed by atoms with E-state index in [1.165, 1.54) is 47.4 Å². The molecular formula is C25H19FN4O4S. The van der Waals surface area contributed by atoms with Crippen LogP contribution in [0.2, 0.25) is 0 Å². The molecule has 1 atom stereocenters. The van der Waals surface area contributed by atoms with Crippen molar-refractivity contribution in [3.8, 4) is 0 Å². The summed E-state index contributed by atoms with van der Waals surface area (Å²) in [5, 5.41) is 8.24. The molecule has 8 nitrogen and oxygen atoms in total. The number of amides is 2. The average Bonchev–Trinajstić information content (AvgIpc) is 2.82. The number of aryl methyl sites for hydroxylation is 1. The predicted molar refractivity (Wildman–Crippen MR) is 129 cm³/mol. The molecule has 35 heavy (non-hydrogen) atoms. The van der Waals surface area contributed by atoms with Crippen LogP contribution in [0.4, 0.5) is 15.8 Å². The number of anilines is 2. The first-order valence-corrected chi connectivity index (χ1v) is 12.1. The van der Waals surface area contributed by atoms with Crippen molar-refractivity contribution in [3.63, 3.8) is 0 Å². The second-order valence-corrected chi connectivity index (χ2v) is 9.74. The lowest BCUT2D eigenvalue weighted by Crippen LogP contribution is -2.45. The van der Waals surface area contributed by atoms with Crippen LogP contribution in [-0.4, -0.2) is 25.2 Å². The molecule has 5 rings (SSSR count). The van der Waals surface area contributed by atoms with Gasteiger partial charge in [-0.15, -0.1) is 0 Å². The molecule has 2 amide bonds. The molecule has 176 valence electrons. The molecule has 3 aromatic carbocycles. The van der Waals surface area contributed by atoms with Gasteiger partial charge in [0.2, 0.25) is 10.0 Å². The van der Waals surface area contributed by atoms with Gasteiger partial charge in [0, 0.05) is 11.1 Å². The highest BCUT2D eigenvalue weighted by Crippen LogP contribution is 2.41. The number of nitrogens with two attached hydrogens (primary N) is 1. The zero-order valence-corrected chi connectivity index (χ0v) is 19.2. The molecule has 10 heteroatoms. The Labute approximate surface area is 200 Å². The lowest BCUT2D eigenvalue weighted by Gasteiger charge is -2.37. The van der Waals surface area contributed by atoms with Crippen molar-refractivity contribution in [1.29, 1.82) is 0 Å². The number of carbonyl (C=O) groups is 2. The van der Waals surface area contributed by atoms with Gasteiger partial charge in [-0.05, 0) is 55.0 Å². The fourth-order valence-electron chi connectivity index (χ4n) is 4.26. The number of primary sulfonamides is 1. The maximum atomic E-state index is 14.1. The summed E-state index contributed by atoms with van der Waals surface area (Å²) in [6, 6.07) is 17.0. The van der Waals surface area contributed by atoms with Crippen molar-refractivity contribution >= 4 is 44.1 Å². The summed E-state index contributed by atoms with van der Waals surface area (Å²) >= 11 is 0. The maximum Gasteiger partial charge on any atom is 0.260 e. The van der Waals surface area contributed by atoms with E-state index in [0.29, 0.717) is 22.2 Å². The van der Waals surface area contributed by atoms with Crippen molar-refractivity contribution in [1.82, 2.24) is 4.98 Å². The average molecular weight is 491 g/mol. The highest BCUT2D eigenvalue weighted by molar-refractivity contribution is 7.89. The number of hydrogen-bond donors (Lipinski definition) is 2. The zero-order valence-electron chi connectivity index (χ0n) is 18.4. The van der Waals surface area contributed by atoms with E-state index in [9.17, 15) is 22.4 Å². The van der Waals surface area contributed by atoms with Gasteiger partial charge in [-0.1, -0.05) is 30.3 Å². The summed E-state index contributed by atoms with van der Waals surface area (Å²) in [4.78, 5) is 32.9. The van der Waals surface area contributed by atoms with Crippen molar-refractivity contribution in [2.45, 2.75) is 17.9 Å². The molecule has 1 aliphatic rings. The van der Waals surface area contributed by atoms with Crippen LogP contribution < -0.4 is 15.4 Å². The molecule has 1 aromatic heterocycles. The van der Waals surface area contributed by atoms with Crippen LogP contribution in [0, 0.1) is 12.7 Å². The second kappa shape index (κ2) is 8.26. The first kappa shape index (κ1) is 22.6. The summed E-state index contributed by atoms with van der Waals surface area (Å²) in [6.45, 7) is 1.71. The molecule has 0 fully saturated rings. The quantitative estimate of drug-likeness (QED) is 0.454. The molecule has 0 radical (unpaired) electrons. The maximum absolute atomic E-state index is 14.1. The van der Waals surface area contributed by atoms with E-state index >= 15 is 0 Å². The number of fused-ring (bicyclic) bond motifs is 2. The summed E-state index contributed by atoms with van der Waals surface area (Å²) < 4.78 is 37.9. The molecule has 1 unspecified atom stereocenters. The van der Waals surface area contributed by atoms with E-state index < -0.39 is 33.7 Å². The number of hydrogen-bond acceptors (Lipinski definition) is 5. The fourth-order valence-corrected chi connectivity index (χ4v) is 4.80. The Balaban J connectivity index is 1.76. The summed E-state index contributed by atoms with van der Waals surface area (Å²) in [5.74, 6) is -1.64. The third-order valence-corrected chi connectivity index (χ3v) is 6.69. The van der Waals surface area contributed by atoms with Gasteiger partial charge in [-0.25, -0.2) is 17.9 Å². The number of sulfonamides is 1. The van der Waals surface area contributed by atoms with E-state index in [1.54, 1.807) is 37.3 Å². The van der Waals surface area contributed by atoms with Crippen LogP contribution in [0.1, 0.15) is 27.7 Å². The Hall–Kier alpha value is -4.15. The highest BCUT2D eigenvalue weighted by Gasteiger charge is 2.39. The van der Waals surface area contributed by atoms with Crippen molar-refractivity contribution in [3.05, 3.63) is 95.4 Å². The van der Waals surface area contributed by atoms with Gasteiger partial charge < -0.3 is 5.32 Å². The number of carbonyl (C=O) groups excluding carboxylic acids is 2. The lowest BCUT2D eigenvalue weighted by atomic mass is 9.97. The number of rotatable bonds is 3. The number of aromatic nitrogens is 1. The molecule has 0 aliphatic carbocycles. The van der Waals surface area contributed by atoms with Crippen LogP contribution in [-0.2, 0) is 14.8 Å². The number of halogens is 1. The minimum absolute atomic E-state index is 0.114. The Morgan fingerprint density at radius 2 is 1.80 bits per heavy atom. The molecule has 2 heterocycles. The predicted octanol–water partition coefficient (Wildman–Crippen LogP) is 3.67. The van der Waals surface area contributed by atoms with E-state index in [0.717, 1.165) is 0 Å². The number of nitrogens with zero attached hydrogens (tertiary/aromatic N) is 2. The van der Waals surface area contributed by atoms with Crippen LogP contribution in [0.3, 0.4) is 0 Å². The second-order valence-electron chi connectivity index (χ2n) is 8.17. The minimum atomic E-state index is -4.05. The van der Waals surface area contributed by atoms with E-state index in [4.69, 9.17) is 5.14 Å². The smallest absolute Gasteiger partial charge is 0.260 e. The Morgan fingerprint density at radius 3 is 2.51 bits per heavy atom. The van der Waals surface area contributed by atoms with Crippen molar-refractivity contribution < 1.29 is 22.4 Å². The number of benzene rings is 3. The molecule has 0 saturated heterocycles. The molecule has 0 bridgehead atoms. The third kappa shape index (κ3) is 4.02. The fraction of sp³-hybridized carbons (Fsp3) is 0.0800. The van der Waals surface area contributed by atoms with Crippen LogP contribution in [0.15, 0.2) is 77.7 Å². The van der Waals surface area contributed by atoms with Crippen LogP contribution >= 0.6 is 0 Å². The van der Waals surface area contributed by atoms with Gasteiger partial charge >= 0.3 is 0 Å². The Bertz CT molecular complexity index is 1620. The van der Waals surface area contributed by atoms with Crippen LogP contribution in [0.5, 0.6) is 0 Å². The molecule has 0 saturated carbocycles. The zero-order chi connectivity index (χ0) is 24.9. The summed E-state index contributed by atoms with van der Waals surface area (Å²) in [5.41, 5.74) is 2.05. The van der Waals surface area contributed by atoms with Gasteiger partial charge in [0.25, 0.3) is 11.8 Å². The SMILES string of the molecule is Cc1cc(C(=O)N2c3ccc(S(N)(=O)=O)cc3NC(=O)C2c2ccccc2)c2cc(F)ccc2n1. The largest absolute Gasteiger partial charge is 0.322 e. The number of nitrogens with one attached hydrogen (secondary N) is 1. The number of pyridine rings is 1. The molecular weight excluding hydrogens is 471 g/mol. The van der Waals surface area contributed by atoms with Crippen molar-refractivity contribution in [2.75, 3.05) is 10.2 Å². The minimum Gasteiger partial charge on any atom is -0.322 e. The van der Waals surface area contributed by atoms with Gasteiger partial charge in [-0.2, -0.15) is 0 Å². The van der Waals surface area contributed by atoms with Gasteiger partial charge in [-0.3, -0.25) is 19.5 Å². The molecule has 0 spiro atoms. The standard InChI is InChI=1S/C25H19FN4O4S/c1-14-11-19(18-12-16(26)7-9-20(18)28-14)25(32)30-22-10-8-17(35(27,33)34)13-21(22)29-24(31)23(30)15-5-3-2-4-6-15/h2-13,23H,1H3,(H,29,31)(H2,27,33,34). The van der Waals surface area contributed by atoms with Gasteiger partial charge in [0.15, 0.2) is 0 Å². The third-order valence-electron chi connectivity index (χ3n) is 5.78. The lowest BCUT2D eigenvalue weighted by molar-refractivity contribution is -0.117. The Morgan fingerprint density at radius 1 is 1.06 bits per heavy atom. The normalized spacial score (nSPS) is 15.6. The Kier molecular flexibility index (Phi) is 5.34. The van der Waals surface area contributed by atoms with E-state index in [-0.39, 0.29) is 21.8 Å². The van der Waals surface area contributed by atoms with E-state index in [1.807, 2.05) is 0 Å². The first-order valence-electron chi connectivity index (χ1n) is 10.6. The molecule has 3 N–H and O–H groups in total. The molecule has 1 aliphatic heterocycles. The van der Waals surface area contributed by atoms with Gasteiger partial charge in [0.05, 0.1) is 27.4 Å². The highest BCUT2D eigenvalue weighted by atomic mass is 32.2. The molecule has 4 aromatic rings. The topological polar surface area (TPSA) is 122 Å². The first-order chi connectivity index (χ1) is 16.6.